The molecule has 0 radical (unpaired) electrons. The van der Waals surface area contributed by atoms with Gasteiger partial charge in [-0.25, -0.2) is 4.79 Å². The van der Waals surface area contributed by atoms with E-state index in [0.717, 1.165) is 6.08 Å². The van der Waals surface area contributed by atoms with E-state index in [-0.39, 0.29) is 6.54 Å². The van der Waals surface area contributed by atoms with E-state index in [9.17, 15) is 24.9 Å². The fraction of sp³-hybridized carbons (Fsp3) is 0.636. The van der Waals surface area contributed by atoms with Gasteiger partial charge in [0.1, 0.15) is 12.2 Å². The number of carboxylic acids is 1. The summed E-state index contributed by atoms with van der Waals surface area (Å²) in [6, 6.07) is -1.10. The molecule has 0 fully saturated rings. The Morgan fingerprint density at radius 1 is 1.50 bits per heavy atom. The molecule has 1 rings (SSSR count). The third-order valence-corrected chi connectivity index (χ3v) is 2.86. The van der Waals surface area contributed by atoms with E-state index in [1.807, 2.05) is 0 Å². The normalized spacial score (nSPS) is 28.9. The number of rotatable bonds is 5. The summed E-state index contributed by atoms with van der Waals surface area (Å²) in [7, 11) is 0. The first-order chi connectivity index (χ1) is 9.27. The molecule has 0 saturated heterocycles. The van der Waals surface area contributed by atoms with Gasteiger partial charge in [-0.3, -0.25) is 4.79 Å². The summed E-state index contributed by atoms with van der Waals surface area (Å²) in [5.41, 5.74) is 5.21. The molecule has 0 aliphatic carbocycles. The Hall–Kier alpha value is -1.68. The van der Waals surface area contributed by atoms with Gasteiger partial charge in [0.05, 0.1) is 12.1 Å². The Kier molecular flexibility index (Phi) is 5.45. The number of nitrogens with two attached hydrogens (primary N) is 1. The van der Waals surface area contributed by atoms with E-state index in [2.05, 4.69) is 5.32 Å². The fourth-order valence-electron chi connectivity index (χ4n) is 1.88. The molecule has 9 heteroatoms. The number of aliphatic carboxylic acids is 1. The van der Waals surface area contributed by atoms with Crippen molar-refractivity contribution in [2.24, 2.45) is 5.73 Å². The van der Waals surface area contributed by atoms with Gasteiger partial charge in [0, 0.05) is 13.5 Å². The van der Waals surface area contributed by atoms with Crippen LogP contribution in [-0.2, 0) is 14.3 Å². The van der Waals surface area contributed by atoms with Gasteiger partial charge < -0.3 is 36.2 Å². The van der Waals surface area contributed by atoms with Crippen molar-refractivity contribution in [3.63, 3.8) is 0 Å². The maximum Gasteiger partial charge on any atom is 0.370 e. The molecule has 0 spiro atoms. The van der Waals surface area contributed by atoms with Crippen molar-refractivity contribution < 1.29 is 34.8 Å². The highest BCUT2D eigenvalue weighted by atomic mass is 16.5. The predicted octanol–water partition coefficient (Wildman–Crippen LogP) is -3.10. The van der Waals surface area contributed by atoms with E-state index in [4.69, 9.17) is 15.6 Å². The number of ether oxygens (including phenoxy) is 1. The van der Waals surface area contributed by atoms with Gasteiger partial charge in [0.15, 0.2) is 6.10 Å². The van der Waals surface area contributed by atoms with Gasteiger partial charge in [0.25, 0.3) is 0 Å². The highest BCUT2D eigenvalue weighted by molar-refractivity contribution is 5.84. The number of carbonyl (C=O) groups is 2. The lowest BCUT2D eigenvalue weighted by Gasteiger charge is -2.38. The molecular weight excluding hydrogens is 272 g/mol. The van der Waals surface area contributed by atoms with Gasteiger partial charge in [-0.15, -0.1) is 0 Å². The van der Waals surface area contributed by atoms with Crippen LogP contribution in [0.5, 0.6) is 0 Å². The number of carbonyl (C=O) groups excluding carboxylic acids is 1. The van der Waals surface area contributed by atoms with Crippen LogP contribution in [0.15, 0.2) is 11.8 Å². The summed E-state index contributed by atoms with van der Waals surface area (Å²) < 4.78 is 5.04. The number of hydrogen-bond donors (Lipinski definition) is 6. The van der Waals surface area contributed by atoms with E-state index in [1.54, 1.807) is 0 Å². The van der Waals surface area contributed by atoms with Crippen molar-refractivity contribution in [1.82, 2.24) is 5.32 Å². The molecule has 9 nitrogen and oxygen atoms in total. The third kappa shape index (κ3) is 3.67. The van der Waals surface area contributed by atoms with Crippen molar-refractivity contribution in [2.75, 3.05) is 6.54 Å². The second-order valence-corrected chi connectivity index (χ2v) is 4.43. The van der Waals surface area contributed by atoms with Crippen LogP contribution < -0.4 is 11.1 Å². The Morgan fingerprint density at radius 2 is 2.10 bits per heavy atom. The van der Waals surface area contributed by atoms with Gasteiger partial charge >= 0.3 is 5.97 Å². The molecule has 0 aromatic rings. The molecule has 5 atom stereocenters. The van der Waals surface area contributed by atoms with Crippen molar-refractivity contribution in [1.29, 1.82) is 0 Å². The van der Waals surface area contributed by atoms with Crippen molar-refractivity contribution in [3.05, 3.63) is 11.8 Å². The van der Waals surface area contributed by atoms with E-state index >= 15 is 0 Å². The number of aliphatic hydroxyl groups is 3. The van der Waals surface area contributed by atoms with Gasteiger partial charge in [-0.2, -0.15) is 0 Å². The van der Waals surface area contributed by atoms with E-state index in [1.165, 1.54) is 6.92 Å². The summed E-state index contributed by atoms with van der Waals surface area (Å²) in [6.07, 6.45) is -4.79. The predicted molar refractivity (Wildman–Crippen MR) is 65.3 cm³/mol. The topological polar surface area (TPSA) is 162 Å². The van der Waals surface area contributed by atoms with E-state index in [0.29, 0.717) is 0 Å². The molecule has 1 heterocycles. The zero-order valence-corrected chi connectivity index (χ0v) is 10.8. The molecule has 1 amide bonds. The average molecular weight is 290 g/mol. The Morgan fingerprint density at radius 3 is 2.55 bits per heavy atom. The van der Waals surface area contributed by atoms with Crippen LogP contribution in [0.4, 0.5) is 0 Å². The van der Waals surface area contributed by atoms with Gasteiger partial charge in [-0.05, 0) is 6.08 Å². The number of aliphatic hydroxyl groups excluding tert-OH is 3. The Balaban J connectivity index is 3.04. The van der Waals surface area contributed by atoms with E-state index < -0.39 is 48.1 Å². The molecule has 114 valence electrons. The minimum absolute atomic E-state index is 0.296. The minimum Gasteiger partial charge on any atom is -0.478 e. The third-order valence-electron chi connectivity index (χ3n) is 2.86. The molecule has 1 aliphatic rings. The van der Waals surface area contributed by atoms with Crippen LogP contribution in [0.2, 0.25) is 0 Å². The highest BCUT2D eigenvalue weighted by Crippen LogP contribution is 2.22. The maximum absolute atomic E-state index is 11.1. The summed E-state index contributed by atoms with van der Waals surface area (Å²) >= 11 is 0. The second-order valence-electron chi connectivity index (χ2n) is 4.43. The first kappa shape index (κ1) is 16.4. The molecule has 0 aromatic heterocycles. The smallest absolute Gasteiger partial charge is 0.370 e. The fourth-order valence-corrected chi connectivity index (χ4v) is 1.88. The highest BCUT2D eigenvalue weighted by Gasteiger charge is 2.42. The summed E-state index contributed by atoms with van der Waals surface area (Å²) in [5.74, 6) is -2.53. The quantitative estimate of drug-likeness (QED) is 0.310. The summed E-state index contributed by atoms with van der Waals surface area (Å²) in [5, 5.41) is 40.5. The average Bonchev–Trinajstić information content (AvgIpc) is 2.38. The molecule has 0 aromatic carbocycles. The number of carboxylic acid groups (broad SMARTS) is 1. The SMILES string of the molecule is CC(=O)N[C@@H]1C(O)C=C(C(=O)O)OC1[C@H](O)[C@H](O)CN. The molecule has 20 heavy (non-hydrogen) atoms. The summed E-state index contributed by atoms with van der Waals surface area (Å²) in [6.45, 7) is 0.891. The van der Waals surface area contributed by atoms with Crippen LogP contribution in [0.25, 0.3) is 0 Å². The van der Waals surface area contributed by atoms with Gasteiger partial charge in [0.2, 0.25) is 11.7 Å². The molecule has 1 aliphatic heterocycles. The standard InChI is InChI=1S/C11H18N2O7/c1-4(14)13-8-5(15)2-7(11(18)19)20-10(8)9(17)6(16)3-12/h2,5-6,8-10,15-17H,3,12H2,1H3,(H,13,14)(H,18,19)/t5?,6-,8-,9-,10?/m1/s1. The Bertz CT molecular complexity index is 412. The monoisotopic (exact) mass is 290 g/mol. The Labute approximate surface area is 114 Å². The van der Waals surface area contributed by atoms with Crippen LogP contribution >= 0.6 is 0 Å². The zero-order chi connectivity index (χ0) is 15.4. The van der Waals surface area contributed by atoms with Gasteiger partial charge in [-0.1, -0.05) is 0 Å². The lowest BCUT2D eigenvalue weighted by atomic mass is 9.93. The van der Waals surface area contributed by atoms with Crippen LogP contribution in [0, 0.1) is 0 Å². The number of hydrogen-bond acceptors (Lipinski definition) is 7. The van der Waals surface area contributed by atoms with Crippen molar-refractivity contribution in [3.8, 4) is 0 Å². The minimum atomic E-state index is -1.57. The first-order valence-corrected chi connectivity index (χ1v) is 5.91. The number of nitrogens with one attached hydrogen (secondary N) is 1. The molecular formula is C11H18N2O7. The first-order valence-electron chi connectivity index (χ1n) is 5.91. The second kappa shape index (κ2) is 6.66. The summed E-state index contributed by atoms with van der Waals surface area (Å²) in [4.78, 5) is 22.0. The maximum atomic E-state index is 11.1. The molecule has 7 N–H and O–H groups in total. The molecule has 0 saturated carbocycles. The largest absolute Gasteiger partial charge is 0.478 e. The van der Waals surface area contributed by atoms with Crippen LogP contribution in [-0.4, -0.2) is 69.3 Å². The molecule has 0 bridgehead atoms. The lowest BCUT2D eigenvalue weighted by molar-refractivity contribution is -0.147. The van der Waals surface area contributed by atoms with Crippen LogP contribution in [0.1, 0.15) is 6.92 Å². The van der Waals surface area contributed by atoms with Crippen molar-refractivity contribution in [2.45, 2.75) is 37.4 Å². The molecule has 2 unspecified atom stereocenters. The van der Waals surface area contributed by atoms with Crippen LogP contribution in [0.3, 0.4) is 0 Å². The van der Waals surface area contributed by atoms with Crippen molar-refractivity contribution >= 4 is 11.9 Å². The zero-order valence-electron chi connectivity index (χ0n) is 10.8. The number of amides is 1. The lowest BCUT2D eigenvalue weighted by Crippen LogP contribution is -2.60.